The minimum absolute atomic E-state index is 0.109. The number of aryl methyl sites for hydroxylation is 3. The maximum absolute atomic E-state index is 12.9. The summed E-state index contributed by atoms with van der Waals surface area (Å²) >= 11 is 0. The largest absolute Gasteiger partial charge is 0.497 e. The molecule has 0 bridgehead atoms. The standard InChI is InChI=1S/C21H22N4O3/c1-13-7-8-25(12-16-11-22-15(3)10-23-16)21(27)19(13)20(26)24-18-6-5-17(28-4)9-14(18)2/h5-11H,12H2,1-4H3,(H,24,26). The first-order chi connectivity index (χ1) is 13.4. The molecule has 0 aliphatic heterocycles. The molecule has 3 aromatic rings. The molecule has 0 radical (unpaired) electrons. The fraction of sp³-hybridized carbons (Fsp3) is 0.238. The molecule has 2 aromatic heterocycles. The van der Waals surface area contributed by atoms with Crippen LogP contribution in [0.4, 0.5) is 5.69 Å². The normalized spacial score (nSPS) is 10.6. The second kappa shape index (κ2) is 8.04. The van der Waals surface area contributed by atoms with E-state index in [-0.39, 0.29) is 17.7 Å². The molecule has 0 saturated heterocycles. The van der Waals surface area contributed by atoms with Crippen molar-refractivity contribution in [2.75, 3.05) is 12.4 Å². The summed E-state index contributed by atoms with van der Waals surface area (Å²) in [5, 5.41) is 2.82. The molecule has 1 aromatic carbocycles. The molecule has 0 atom stereocenters. The zero-order valence-corrected chi connectivity index (χ0v) is 16.3. The summed E-state index contributed by atoms with van der Waals surface area (Å²) in [6.45, 7) is 5.70. The first-order valence-corrected chi connectivity index (χ1v) is 8.82. The Hall–Kier alpha value is -3.48. The number of hydrogen-bond donors (Lipinski definition) is 1. The van der Waals surface area contributed by atoms with Gasteiger partial charge >= 0.3 is 0 Å². The van der Waals surface area contributed by atoms with E-state index in [0.717, 1.165) is 11.3 Å². The Morgan fingerprint density at radius 1 is 1.11 bits per heavy atom. The van der Waals surface area contributed by atoms with Crippen LogP contribution in [0.1, 0.15) is 32.9 Å². The molecule has 0 spiro atoms. The van der Waals surface area contributed by atoms with Gasteiger partial charge in [0, 0.05) is 18.1 Å². The molecule has 28 heavy (non-hydrogen) atoms. The molecule has 0 fully saturated rings. The van der Waals surface area contributed by atoms with Gasteiger partial charge in [0.15, 0.2) is 0 Å². The highest BCUT2D eigenvalue weighted by Gasteiger charge is 2.17. The number of amides is 1. The topological polar surface area (TPSA) is 86.1 Å². The smallest absolute Gasteiger partial charge is 0.264 e. The molecule has 0 unspecified atom stereocenters. The summed E-state index contributed by atoms with van der Waals surface area (Å²) in [7, 11) is 1.58. The van der Waals surface area contributed by atoms with Gasteiger partial charge in [0.1, 0.15) is 11.3 Å². The van der Waals surface area contributed by atoms with Gasteiger partial charge in [-0.25, -0.2) is 0 Å². The van der Waals surface area contributed by atoms with Gasteiger partial charge in [-0.15, -0.1) is 0 Å². The van der Waals surface area contributed by atoms with Gasteiger partial charge in [-0.3, -0.25) is 19.6 Å². The first kappa shape index (κ1) is 19.3. The van der Waals surface area contributed by atoms with Crippen molar-refractivity contribution in [3.63, 3.8) is 0 Å². The van der Waals surface area contributed by atoms with Gasteiger partial charge in [0.05, 0.1) is 31.2 Å². The number of benzene rings is 1. The van der Waals surface area contributed by atoms with Crippen LogP contribution in [0.25, 0.3) is 0 Å². The van der Waals surface area contributed by atoms with Gasteiger partial charge in [-0.05, 0) is 56.2 Å². The zero-order chi connectivity index (χ0) is 20.3. The van der Waals surface area contributed by atoms with Crippen LogP contribution in [-0.4, -0.2) is 27.6 Å². The molecular weight excluding hydrogens is 356 g/mol. The number of aromatic nitrogens is 3. The number of methoxy groups -OCH3 is 1. The molecule has 7 heteroatoms. The lowest BCUT2D eigenvalue weighted by Gasteiger charge is -2.13. The highest BCUT2D eigenvalue weighted by molar-refractivity contribution is 6.05. The highest BCUT2D eigenvalue weighted by Crippen LogP contribution is 2.21. The van der Waals surface area contributed by atoms with Gasteiger partial charge < -0.3 is 14.6 Å². The van der Waals surface area contributed by atoms with Crippen molar-refractivity contribution in [1.82, 2.24) is 14.5 Å². The minimum Gasteiger partial charge on any atom is -0.497 e. The van der Waals surface area contributed by atoms with Crippen LogP contribution in [0, 0.1) is 20.8 Å². The van der Waals surface area contributed by atoms with Crippen molar-refractivity contribution in [3.8, 4) is 5.75 Å². The Morgan fingerprint density at radius 2 is 1.89 bits per heavy atom. The number of pyridine rings is 1. The van der Waals surface area contributed by atoms with Crippen molar-refractivity contribution >= 4 is 11.6 Å². The van der Waals surface area contributed by atoms with Crippen LogP contribution >= 0.6 is 0 Å². The lowest BCUT2D eigenvalue weighted by molar-refractivity contribution is 0.102. The van der Waals surface area contributed by atoms with E-state index < -0.39 is 5.91 Å². The Labute approximate surface area is 163 Å². The monoisotopic (exact) mass is 378 g/mol. The Morgan fingerprint density at radius 3 is 2.54 bits per heavy atom. The molecule has 0 aliphatic rings. The van der Waals surface area contributed by atoms with Gasteiger partial charge in [-0.2, -0.15) is 0 Å². The Kier molecular flexibility index (Phi) is 5.54. The number of carbonyl (C=O) groups is 1. The number of rotatable bonds is 5. The van der Waals surface area contributed by atoms with Crippen LogP contribution in [0.5, 0.6) is 5.75 Å². The number of ether oxygens (including phenoxy) is 1. The number of anilines is 1. The van der Waals surface area contributed by atoms with Crippen LogP contribution in [0.2, 0.25) is 0 Å². The number of hydrogen-bond acceptors (Lipinski definition) is 5. The zero-order valence-electron chi connectivity index (χ0n) is 16.3. The molecule has 1 N–H and O–H groups in total. The second-order valence-electron chi connectivity index (χ2n) is 6.59. The third-order valence-corrected chi connectivity index (χ3v) is 4.45. The maximum Gasteiger partial charge on any atom is 0.264 e. The van der Waals surface area contributed by atoms with E-state index >= 15 is 0 Å². The molecular formula is C21H22N4O3. The average Bonchev–Trinajstić information content (AvgIpc) is 2.67. The number of carbonyl (C=O) groups excluding carboxylic acids is 1. The van der Waals surface area contributed by atoms with Crippen molar-refractivity contribution in [1.29, 1.82) is 0 Å². The lowest BCUT2D eigenvalue weighted by Crippen LogP contribution is -2.30. The average molecular weight is 378 g/mol. The third-order valence-electron chi connectivity index (χ3n) is 4.45. The van der Waals surface area contributed by atoms with E-state index in [4.69, 9.17) is 4.74 Å². The van der Waals surface area contributed by atoms with E-state index in [1.54, 1.807) is 50.8 Å². The molecule has 2 heterocycles. The lowest BCUT2D eigenvalue weighted by atomic mass is 10.1. The predicted octanol–water partition coefficient (Wildman–Crippen LogP) is 2.87. The van der Waals surface area contributed by atoms with Crippen molar-refractivity contribution in [3.05, 3.63) is 81.3 Å². The van der Waals surface area contributed by atoms with Crippen LogP contribution in [0.15, 0.2) is 47.7 Å². The molecule has 3 rings (SSSR count). The Balaban J connectivity index is 1.89. The van der Waals surface area contributed by atoms with E-state index in [1.165, 1.54) is 4.57 Å². The summed E-state index contributed by atoms with van der Waals surface area (Å²) in [6, 6.07) is 7.08. The summed E-state index contributed by atoms with van der Waals surface area (Å²) in [6.07, 6.45) is 4.94. The molecule has 1 amide bonds. The molecule has 144 valence electrons. The van der Waals surface area contributed by atoms with Gasteiger partial charge in [0.2, 0.25) is 0 Å². The maximum atomic E-state index is 12.9. The van der Waals surface area contributed by atoms with Crippen LogP contribution in [-0.2, 0) is 6.54 Å². The summed E-state index contributed by atoms with van der Waals surface area (Å²) in [5.74, 6) is 0.257. The van der Waals surface area contributed by atoms with E-state index in [9.17, 15) is 9.59 Å². The quantitative estimate of drug-likeness (QED) is 0.738. The van der Waals surface area contributed by atoms with Crippen molar-refractivity contribution in [2.24, 2.45) is 0 Å². The highest BCUT2D eigenvalue weighted by atomic mass is 16.5. The first-order valence-electron chi connectivity index (χ1n) is 8.82. The van der Waals surface area contributed by atoms with E-state index in [1.807, 2.05) is 19.9 Å². The molecule has 7 nitrogen and oxygen atoms in total. The summed E-state index contributed by atoms with van der Waals surface area (Å²) in [4.78, 5) is 34.2. The van der Waals surface area contributed by atoms with E-state index in [0.29, 0.717) is 22.7 Å². The van der Waals surface area contributed by atoms with Crippen LogP contribution in [0.3, 0.4) is 0 Å². The fourth-order valence-corrected chi connectivity index (χ4v) is 2.83. The van der Waals surface area contributed by atoms with Gasteiger partial charge in [-0.1, -0.05) is 0 Å². The van der Waals surface area contributed by atoms with Gasteiger partial charge in [0.25, 0.3) is 11.5 Å². The fourth-order valence-electron chi connectivity index (χ4n) is 2.83. The predicted molar refractivity (Wildman–Crippen MR) is 107 cm³/mol. The number of nitrogens with zero attached hydrogens (tertiary/aromatic N) is 3. The SMILES string of the molecule is COc1ccc(NC(=O)c2c(C)ccn(Cc3cnc(C)cn3)c2=O)c(C)c1. The van der Waals surface area contributed by atoms with Crippen molar-refractivity contribution < 1.29 is 9.53 Å². The van der Waals surface area contributed by atoms with Crippen LogP contribution < -0.4 is 15.6 Å². The Bertz CT molecular complexity index is 1070. The number of nitrogens with one attached hydrogen (secondary N) is 1. The molecule has 0 aliphatic carbocycles. The third kappa shape index (κ3) is 4.09. The summed E-state index contributed by atoms with van der Waals surface area (Å²) < 4.78 is 6.64. The minimum atomic E-state index is -0.444. The van der Waals surface area contributed by atoms with E-state index in [2.05, 4.69) is 15.3 Å². The van der Waals surface area contributed by atoms with Crippen molar-refractivity contribution in [2.45, 2.75) is 27.3 Å². The molecule has 0 saturated carbocycles. The second-order valence-corrected chi connectivity index (χ2v) is 6.59. The summed E-state index contributed by atoms with van der Waals surface area (Å²) in [5.41, 5.74) is 3.27.